The van der Waals surface area contributed by atoms with Gasteiger partial charge in [0.25, 0.3) is 0 Å². The van der Waals surface area contributed by atoms with Gasteiger partial charge in [-0.25, -0.2) is 4.98 Å². The first kappa shape index (κ1) is 23.8. The van der Waals surface area contributed by atoms with Gasteiger partial charge in [-0.2, -0.15) is 0 Å². The minimum absolute atomic E-state index is 0.180. The SMILES string of the molecule is COc1cc(OCC(O)CN2CCC(Sc3cccc(Cl)n3)CC2)cc(OC)c1OC. The van der Waals surface area contributed by atoms with Gasteiger partial charge in [-0.15, -0.1) is 11.8 Å². The second kappa shape index (κ2) is 11.7. The first-order valence-corrected chi connectivity index (χ1v) is 11.4. The van der Waals surface area contributed by atoms with Crippen LogP contribution in [0, 0.1) is 0 Å². The number of likely N-dealkylation sites (tertiary alicyclic amines) is 1. The number of pyridine rings is 1. The zero-order chi connectivity index (χ0) is 22.2. The molecule has 0 radical (unpaired) electrons. The van der Waals surface area contributed by atoms with Gasteiger partial charge in [-0.05, 0) is 38.1 Å². The highest BCUT2D eigenvalue weighted by Gasteiger charge is 2.23. The topological polar surface area (TPSA) is 73.3 Å². The van der Waals surface area contributed by atoms with E-state index in [0.29, 0.717) is 39.9 Å². The summed E-state index contributed by atoms with van der Waals surface area (Å²) in [6.45, 7) is 2.61. The van der Waals surface area contributed by atoms with Crippen molar-refractivity contribution in [1.29, 1.82) is 0 Å². The first-order valence-electron chi connectivity index (χ1n) is 10.1. The molecule has 1 fully saturated rings. The number of hydrogen-bond donors (Lipinski definition) is 1. The standard InChI is InChI=1S/C22H29ClN2O5S/c1-27-18-11-16(12-19(28-2)22(18)29-3)30-14-15(26)13-25-9-7-17(8-10-25)31-21-6-4-5-20(23)24-21/h4-6,11-12,15,17,26H,7-10,13-14H2,1-3H3. The molecule has 0 amide bonds. The van der Waals surface area contributed by atoms with Crippen LogP contribution in [-0.2, 0) is 0 Å². The molecule has 1 aliphatic rings. The number of halogens is 1. The molecule has 7 nitrogen and oxygen atoms in total. The van der Waals surface area contributed by atoms with Gasteiger partial charge < -0.3 is 29.0 Å². The Hall–Kier alpha value is -1.87. The Kier molecular flexibility index (Phi) is 8.95. The van der Waals surface area contributed by atoms with Gasteiger partial charge >= 0.3 is 0 Å². The number of nitrogens with zero attached hydrogens (tertiary/aromatic N) is 2. The van der Waals surface area contributed by atoms with E-state index >= 15 is 0 Å². The van der Waals surface area contributed by atoms with Crippen LogP contribution in [0.3, 0.4) is 0 Å². The smallest absolute Gasteiger partial charge is 0.203 e. The third-order valence-electron chi connectivity index (χ3n) is 5.06. The average Bonchev–Trinajstić information content (AvgIpc) is 2.78. The molecule has 1 aromatic carbocycles. The van der Waals surface area contributed by atoms with Crippen LogP contribution in [0.4, 0.5) is 0 Å². The maximum Gasteiger partial charge on any atom is 0.203 e. The lowest BCUT2D eigenvalue weighted by molar-refractivity contribution is 0.0621. The summed E-state index contributed by atoms with van der Waals surface area (Å²) in [6, 6.07) is 9.15. The molecule has 1 atom stereocenters. The van der Waals surface area contributed by atoms with Crippen LogP contribution in [0.15, 0.2) is 35.4 Å². The van der Waals surface area contributed by atoms with Crippen molar-refractivity contribution in [2.24, 2.45) is 0 Å². The number of aromatic nitrogens is 1. The summed E-state index contributed by atoms with van der Waals surface area (Å²) < 4.78 is 21.8. The van der Waals surface area contributed by atoms with Crippen LogP contribution >= 0.6 is 23.4 Å². The highest BCUT2D eigenvalue weighted by molar-refractivity contribution is 7.99. The van der Waals surface area contributed by atoms with Crippen LogP contribution in [0.2, 0.25) is 5.15 Å². The van der Waals surface area contributed by atoms with Gasteiger partial charge in [0.1, 0.15) is 23.6 Å². The molecule has 0 bridgehead atoms. The Morgan fingerprint density at radius 2 is 1.81 bits per heavy atom. The maximum atomic E-state index is 10.5. The highest BCUT2D eigenvalue weighted by atomic mass is 35.5. The second-order valence-corrected chi connectivity index (χ2v) is 8.95. The van der Waals surface area contributed by atoms with Gasteiger partial charge in [0.15, 0.2) is 11.5 Å². The molecule has 2 aromatic rings. The molecule has 31 heavy (non-hydrogen) atoms. The van der Waals surface area contributed by atoms with Crippen LogP contribution in [0.25, 0.3) is 0 Å². The van der Waals surface area contributed by atoms with Crippen molar-refractivity contribution >= 4 is 23.4 Å². The molecule has 1 unspecified atom stereocenters. The Bertz CT molecular complexity index is 823. The number of benzene rings is 1. The molecule has 3 rings (SSSR count). The van der Waals surface area contributed by atoms with Crippen molar-refractivity contribution in [3.05, 3.63) is 35.5 Å². The third kappa shape index (κ3) is 6.80. The fourth-order valence-electron chi connectivity index (χ4n) is 3.52. The third-order valence-corrected chi connectivity index (χ3v) is 6.55. The Balaban J connectivity index is 1.45. The van der Waals surface area contributed by atoms with Gasteiger partial charge in [0.2, 0.25) is 5.75 Å². The first-order chi connectivity index (χ1) is 15.0. The number of β-amino-alcohol motifs (C(OH)–C–C–N with tert-alkyl or cyclic N) is 1. The molecule has 1 saturated heterocycles. The number of piperidine rings is 1. The summed E-state index contributed by atoms with van der Waals surface area (Å²) >= 11 is 7.75. The van der Waals surface area contributed by atoms with E-state index in [1.54, 1.807) is 51.3 Å². The lowest BCUT2D eigenvalue weighted by Gasteiger charge is -2.32. The van der Waals surface area contributed by atoms with Crippen molar-refractivity contribution in [3.8, 4) is 23.0 Å². The lowest BCUT2D eigenvalue weighted by atomic mass is 10.1. The van der Waals surface area contributed by atoms with Crippen molar-refractivity contribution in [1.82, 2.24) is 9.88 Å². The number of aliphatic hydroxyl groups is 1. The largest absolute Gasteiger partial charge is 0.493 e. The molecule has 170 valence electrons. The lowest BCUT2D eigenvalue weighted by Crippen LogP contribution is -2.41. The summed E-state index contributed by atoms with van der Waals surface area (Å²) in [4.78, 5) is 6.63. The Morgan fingerprint density at radius 3 is 2.39 bits per heavy atom. The number of aliphatic hydroxyl groups excluding tert-OH is 1. The summed E-state index contributed by atoms with van der Waals surface area (Å²) in [5.74, 6) is 2.09. The fraction of sp³-hybridized carbons (Fsp3) is 0.500. The van der Waals surface area contributed by atoms with E-state index in [-0.39, 0.29) is 6.61 Å². The van der Waals surface area contributed by atoms with Gasteiger partial charge in [0, 0.05) is 23.9 Å². The molecule has 1 aromatic heterocycles. The molecule has 1 aliphatic heterocycles. The molecule has 9 heteroatoms. The molecular formula is C22H29ClN2O5S. The quantitative estimate of drug-likeness (QED) is 0.528. The molecular weight excluding hydrogens is 440 g/mol. The number of methoxy groups -OCH3 is 3. The zero-order valence-corrected chi connectivity index (χ0v) is 19.6. The normalized spacial score (nSPS) is 16.0. The number of rotatable bonds is 10. The number of ether oxygens (including phenoxy) is 4. The Labute approximate surface area is 192 Å². The van der Waals surface area contributed by atoms with E-state index in [0.717, 1.165) is 31.0 Å². The van der Waals surface area contributed by atoms with Crippen LogP contribution in [0.1, 0.15) is 12.8 Å². The van der Waals surface area contributed by atoms with E-state index in [2.05, 4.69) is 9.88 Å². The minimum atomic E-state index is -0.599. The van der Waals surface area contributed by atoms with Gasteiger partial charge in [0.05, 0.1) is 26.4 Å². The van der Waals surface area contributed by atoms with Gasteiger partial charge in [-0.1, -0.05) is 17.7 Å². The zero-order valence-electron chi connectivity index (χ0n) is 18.0. The van der Waals surface area contributed by atoms with Crippen molar-refractivity contribution in [3.63, 3.8) is 0 Å². The van der Waals surface area contributed by atoms with Crippen LogP contribution in [0.5, 0.6) is 23.0 Å². The molecule has 2 heterocycles. The molecule has 0 saturated carbocycles. The van der Waals surface area contributed by atoms with E-state index in [1.165, 1.54) is 0 Å². The minimum Gasteiger partial charge on any atom is -0.493 e. The van der Waals surface area contributed by atoms with Crippen LogP contribution < -0.4 is 18.9 Å². The summed E-state index contributed by atoms with van der Waals surface area (Å²) in [6.07, 6.45) is 1.48. The van der Waals surface area contributed by atoms with E-state index < -0.39 is 6.10 Å². The van der Waals surface area contributed by atoms with E-state index in [1.807, 2.05) is 12.1 Å². The second-order valence-electron chi connectivity index (χ2n) is 7.24. The van der Waals surface area contributed by atoms with Gasteiger partial charge in [-0.3, -0.25) is 0 Å². The monoisotopic (exact) mass is 468 g/mol. The molecule has 1 N–H and O–H groups in total. The van der Waals surface area contributed by atoms with E-state index in [9.17, 15) is 5.11 Å². The van der Waals surface area contributed by atoms with Crippen molar-refractivity contribution < 1.29 is 24.1 Å². The predicted molar refractivity (Wildman–Crippen MR) is 122 cm³/mol. The predicted octanol–water partition coefficient (Wildman–Crippen LogP) is 3.76. The molecule has 0 aliphatic carbocycles. The average molecular weight is 469 g/mol. The summed E-state index contributed by atoms with van der Waals surface area (Å²) in [5, 5.41) is 12.5. The van der Waals surface area contributed by atoms with Crippen molar-refractivity contribution in [2.45, 2.75) is 29.2 Å². The number of hydrogen-bond acceptors (Lipinski definition) is 8. The fourth-order valence-corrected chi connectivity index (χ4v) is 4.83. The maximum absolute atomic E-state index is 10.5. The van der Waals surface area contributed by atoms with Crippen LogP contribution in [-0.4, -0.2) is 73.9 Å². The van der Waals surface area contributed by atoms with Crippen molar-refractivity contribution in [2.75, 3.05) is 47.6 Å². The summed E-state index contributed by atoms with van der Waals surface area (Å²) in [7, 11) is 4.67. The van der Waals surface area contributed by atoms with E-state index in [4.69, 9.17) is 30.5 Å². The Morgan fingerprint density at radius 1 is 1.13 bits per heavy atom. The number of thioether (sulfide) groups is 1. The molecule has 0 spiro atoms. The summed E-state index contributed by atoms with van der Waals surface area (Å²) in [5.41, 5.74) is 0. The highest BCUT2D eigenvalue weighted by Crippen LogP contribution is 2.40.